The van der Waals surface area contributed by atoms with Crippen LogP contribution in [0.15, 0.2) is 48.9 Å². The second-order valence-electron chi connectivity index (χ2n) is 6.17. The Hall–Kier alpha value is -2.94. The summed E-state index contributed by atoms with van der Waals surface area (Å²) >= 11 is 12.2. The van der Waals surface area contributed by atoms with Gasteiger partial charge in [-0.15, -0.1) is 0 Å². The summed E-state index contributed by atoms with van der Waals surface area (Å²) in [6.07, 6.45) is 3.11. The molecule has 4 rings (SSSR count). The van der Waals surface area contributed by atoms with Gasteiger partial charge in [0.05, 0.1) is 23.0 Å². The highest BCUT2D eigenvalue weighted by Gasteiger charge is 2.19. The lowest BCUT2D eigenvalue weighted by Crippen LogP contribution is -2.29. The summed E-state index contributed by atoms with van der Waals surface area (Å²) in [5, 5.41) is 8.02. The molecule has 0 saturated carbocycles. The first-order chi connectivity index (χ1) is 14.1. The number of halogens is 2. The number of hydrogen-bond acceptors (Lipinski definition) is 5. The van der Waals surface area contributed by atoms with Crippen molar-refractivity contribution in [3.63, 3.8) is 0 Å². The number of carbonyl (C=O) groups excluding carboxylic acids is 1. The molecule has 0 fully saturated rings. The topological polar surface area (TPSA) is 86.3 Å². The molecule has 0 spiro atoms. The van der Waals surface area contributed by atoms with Gasteiger partial charge < -0.3 is 10.1 Å². The van der Waals surface area contributed by atoms with Crippen LogP contribution in [0.1, 0.15) is 16.3 Å². The Kier molecular flexibility index (Phi) is 5.48. The molecule has 0 atom stereocenters. The summed E-state index contributed by atoms with van der Waals surface area (Å²) in [4.78, 5) is 21.2. The van der Waals surface area contributed by atoms with Crippen molar-refractivity contribution in [2.24, 2.45) is 0 Å². The van der Waals surface area contributed by atoms with E-state index in [1.54, 1.807) is 24.4 Å². The molecule has 4 aromatic rings. The van der Waals surface area contributed by atoms with Crippen LogP contribution in [0.25, 0.3) is 16.9 Å². The first-order valence-electron chi connectivity index (χ1n) is 8.64. The summed E-state index contributed by atoms with van der Waals surface area (Å²) in [6.45, 7) is 0.335. The third kappa shape index (κ3) is 3.95. The molecule has 0 aliphatic carbocycles. The molecule has 0 unspecified atom stereocenters. The van der Waals surface area contributed by atoms with Gasteiger partial charge in [-0.25, -0.2) is 14.6 Å². The average Bonchev–Trinajstić information content (AvgIpc) is 3.32. The number of ether oxygens (including phenoxy) is 1. The van der Waals surface area contributed by atoms with Gasteiger partial charge in [0.15, 0.2) is 0 Å². The van der Waals surface area contributed by atoms with Crippen LogP contribution in [-0.2, 0) is 11.3 Å². The van der Waals surface area contributed by atoms with Crippen molar-refractivity contribution in [3.05, 3.63) is 70.5 Å². The molecule has 0 bridgehead atoms. The van der Waals surface area contributed by atoms with E-state index in [1.165, 1.54) is 18.1 Å². The third-order valence-corrected chi connectivity index (χ3v) is 4.77. The van der Waals surface area contributed by atoms with Gasteiger partial charge in [-0.2, -0.15) is 5.10 Å². The number of imidazole rings is 1. The molecule has 0 radical (unpaired) electrons. The highest BCUT2D eigenvalue weighted by Crippen LogP contribution is 2.27. The molecular weight excluding hydrogens is 415 g/mol. The first-order valence-corrected chi connectivity index (χ1v) is 9.40. The van der Waals surface area contributed by atoms with Crippen molar-refractivity contribution < 1.29 is 9.53 Å². The Balaban J connectivity index is 1.80. The molecule has 29 heavy (non-hydrogen) atoms. The standard InChI is InChI=1S/C19H16Cl2N6O2/c1-29-11-23-19(28)18-22-10-24-27(18)9-15-17(12-2-4-13(20)5-3-12)25-16-7-6-14(21)8-26(15)16/h2-8,10H,9,11H2,1H3,(H,23,28). The molecule has 3 aromatic heterocycles. The molecular formula is C19H16Cl2N6O2. The number of nitrogens with zero attached hydrogens (tertiary/aromatic N) is 5. The van der Waals surface area contributed by atoms with Gasteiger partial charge in [-0.1, -0.05) is 35.3 Å². The number of amides is 1. The SMILES string of the molecule is COCNC(=O)c1ncnn1Cc1c(-c2ccc(Cl)cc2)nc2ccc(Cl)cn12. The van der Waals surface area contributed by atoms with Crippen molar-refractivity contribution in [2.75, 3.05) is 13.8 Å². The van der Waals surface area contributed by atoms with Gasteiger partial charge in [-0.3, -0.25) is 9.20 Å². The Labute approximate surface area is 176 Å². The number of methoxy groups -OCH3 is 1. The molecule has 0 saturated heterocycles. The number of hydrogen-bond donors (Lipinski definition) is 1. The number of fused-ring (bicyclic) bond motifs is 1. The van der Waals surface area contributed by atoms with E-state index in [0.29, 0.717) is 10.0 Å². The van der Waals surface area contributed by atoms with Crippen LogP contribution in [0.4, 0.5) is 0 Å². The number of benzene rings is 1. The van der Waals surface area contributed by atoms with Gasteiger partial charge >= 0.3 is 0 Å². The van der Waals surface area contributed by atoms with Crippen molar-refractivity contribution >= 4 is 34.8 Å². The molecule has 1 aromatic carbocycles. The summed E-state index contributed by atoms with van der Waals surface area (Å²) in [5.74, 6) is -0.217. The number of nitrogens with one attached hydrogen (secondary N) is 1. The molecule has 10 heteroatoms. The van der Waals surface area contributed by atoms with Crippen LogP contribution in [0.2, 0.25) is 10.0 Å². The number of rotatable bonds is 6. The quantitative estimate of drug-likeness (QED) is 0.474. The van der Waals surface area contributed by atoms with E-state index in [-0.39, 0.29) is 25.0 Å². The van der Waals surface area contributed by atoms with E-state index < -0.39 is 0 Å². The van der Waals surface area contributed by atoms with Gasteiger partial charge in [0.2, 0.25) is 5.82 Å². The van der Waals surface area contributed by atoms with Gasteiger partial charge in [0.25, 0.3) is 5.91 Å². The lowest BCUT2D eigenvalue weighted by atomic mass is 10.1. The fourth-order valence-electron chi connectivity index (χ4n) is 2.97. The van der Waals surface area contributed by atoms with Gasteiger partial charge in [-0.05, 0) is 24.3 Å². The fraction of sp³-hybridized carbons (Fsp3) is 0.158. The molecule has 0 aliphatic heterocycles. The Bertz CT molecular complexity index is 1170. The highest BCUT2D eigenvalue weighted by atomic mass is 35.5. The number of pyridine rings is 1. The Morgan fingerprint density at radius 3 is 2.66 bits per heavy atom. The maximum atomic E-state index is 12.4. The lowest BCUT2D eigenvalue weighted by Gasteiger charge is -2.09. The van der Waals surface area contributed by atoms with Crippen molar-refractivity contribution in [1.82, 2.24) is 29.5 Å². The molecule has 0 aliphatic rings. The molecule has 148 valence electrons. The van der Waals surface area contributed by atoms with E-state index in [4.69, 9.17) is 32.9 Å². The Morgan fingerprint density at radius 1 is 1.14 bits per heavy atom. The zero-order valence-electron chi connectivity index (χ0n) is 15.3. The zero-order chi connectivity index (χ0) is 20.4. The zero-order valence-corrected chi connectivity index (χ0v) is 16.9. The summed E-state index contributed by atoms with van der Waals surface area (Å²) in [6, 6.07) is 11.0. The minimum absolute atomic E-state index is 0.0763. The fourth-order valence-corrected chi connectivity index (χ4v) is 3.26. The smallest absolute Gasteiger partial charge is 0.290 e. The van der Waals surface area contributed by atoms with Crippen LogP contribution >= 0.6 is 23.2 Å². The maximum Gasteiger partial charge on any atom is 0.290 e. The highest BCUT2D eigenvalue weighted by molar-refractivity contribution is 6.30. The lowest BCUT2D eigenvalue weighted by molar-refractivity contribution is 0.0856. The van der Waals surface area contributed by atoms with E-state index in [9.17, 15) is 4.79 Å². The first kappa shape index (κ1) is 19.4. The van der Waals surface area contributed by atoms with E-state index in [1.807, 2.05) is 22.6 Å². The predicted octanol–water partition coefficient (Wildman–Crippen LogP) is 3.28. The van der Waals surface area contributed by atoms with Crippen LogP contribution in [-0.4, -0.2) is 43.9 Å². The number of carbonyl (C=O) groups is 1. The summed E-state index contributed by atoms with van der Waals surface area (Å²) in [7, 11) is 1.49. The van der Waals surface area contributed by atoms with E-state index in [0.717, 1.165) is 22.6 Å². The van der Waals surface area contributed by atoms with Crippen molar-refractivity contribution in [2.45, 2.75) is 6.54 Å². The van der Waals surface area contributed by atoms with E-state index in [2.05, 4.69) is 15.4 Å². The van der Waals surface area contributed by atoms with E-state index >= 15 is 0 Å². The second-order valence-corrected chi connectivity index (χ2v) is 7.04. The predicted molar refractivity (Wildman–Crippen MR) is 109 cm³/mol. The van der Waals surface area contributed by atoms with Crippen LogP contribution in [0.5, 0.6) is 0 Å². The normalized spacial score (nSPS) is 11.1. The van der Waals surface area contributed by atoms with Gasteiger partial charge in [0.1, 0.15) is 18.7 Å². The van der Waals surface area contributed by atoms with Gasteiger partial charge in [0, 0.05) is 23.9 Å². The molecule has 8 nitrogen and oxygen atoms in total. The minimum Gasteiger partial charge on any atom is -0.364 e. The Morgan fingerprint density at radius 2 is 1.90 bits per heavy atom. The van der Waals surface area contributed by atoms with Crippen molar-refractivity contribution in [3.8, 4) is 11.3 Å². The summed E-state index contributed by atoms with van der Waals surface area (Å²) in [5.41, 5.74) is 3.15. The van der Waals surface area contributed by atoms with Crippen LogP contribution in [0, 0.1) is 0 Å². The average molecular weight is 431 g/mol. The van der Waals surface area contributed by atoms with Crippen LogP contribution in [0.3, 0.4) is 0 Å². The minimum atomic E-state index is -0.385. The van der Waals surface area contributed by atoms with Crippen molar-refractivity contribution in [1.29, 1.82) is 0 Å². The van der Waals surface area contributed by atoms with Crippen LogP contribution < -0.4 is 5.32 Å². The molecule has 1 N–H and O–H groups in total. The second kappa shape index (κ2) is 8.20. The molecule has 3 heterocycles. The largest absolute Gasteiger partial charge is 0.364 e. The summed E-state index contributed by atoms with van der Waals surface area (Å²) < 4.78 is 8.27. The maximum absolute atomic E-state index is 12.4. The molecule has 1 amide bonds. The monoisotopic (exact) mass is 430 g/mol. The number of aromatic nitrogens is 5. The third-order valence-electron chi connectivity index (χ3n) is 4.29.